The Morgan fingerprint density at radius 1 is 0.868 bits per heavy atom. The van der Waals surface area contributed by atoms with E-state index in [1.165, 1.54) is 55.7 Å². The van der Waals surface area contributed by atoms with Crippen molar-refractivity contribution in [3.05, 3.63) is 126 Å². The van der Waals surface area contributed by atoms with E-state index < -0.39 is 0 Å². The predicted octanol–water partition coefficient (Wildman–Crippen LogP) is 9.36. The zero-order valence-electron chi connectivity index (χ0n) is 22.6. The number of aromatic amines is 1. The number of nitrogens with two attached hydrogens (primary N) is 1. The minimum Gasteiger partial charge on any atom is -0.367 e. The SMILES string of the molecule is CCC/C=C(\CN)C1C=CC=C(c2cc(-c3cccc(C)c3)cc(-c3cccc(-c4cc[nH]c4)c3)c2)CC1. The lowest BCUT2D eigenvalue weighted by atomic mass is 9.88. The van der Waals surface area contributed by atoms with Crippen LogP contribution in [0.2, 0.25) is 0 Å². The number of allylic oxidation sites excluding steroid dienone is 5. The molecule has 0 radical (unpaired) electrons. The Morgan fingerprint density at radius 2 is 1.55 bits per heavy atom. The Balaban J connectivity index is 1.53. The quantitative estimate of drug-likeness (QED) is 0.233. The van der Waals surface area contributed by atoms with Gasteiger partial charge in [0.25, 0.3) is 0 Å². The Bertz CT molecular complexity index is 1470. The monoisotopic (exact) mass is 498 g/mol. The summed E-state index contributed by atoms with van der Waals surface area (Å²) in [6.07, 6.45) is 17.6. The van der Waals surface area contributed by atoms with E-state index in [0.717, 1.165) is 25.7 Å². The van der Waals surface area contributed by atoms with E-state index in [0.29, 0.717) is 12.5 Å². The number of nitrogens with one attached hydrogen (secondary N) is 1. The third-order valence-corrected chi connectivity index (χ3v) is 7.56. The molecule has 0 bridgehead atoms. The molecular formula is C36H38N2. The molecule has 5 rings (SSSR count). The van der Waals surface area contributed by atoms with E-state index in [1.807, 2.05) is 6.20 Å². The average molecular weight is 499 g/mol. The highest BCUT2D eigenvalue weighted by Crippen LogP contribution is 2.36. The van der Waals surface area contributed by atoms with Crippen LogP contribution in [0.5, 0.6) is 0 Å². The first kappa shape index (κ1) is 25.8. The number of H-pyrrole nitrogens is 1. The lowest BCUT2D eigenvalue weighted by Crippen LogP contribution is -2.11. The number of benzene rings is 3. The molecule has 1 aliphatic carbocycles. The van der Waals surface area contributed by atoms with E-state index in [4.69, 9.17) is 5.73 Å². The molecule has 1 atom stereocenters. The van der Waals surface area contributed by atoms with Crippen molar-refractivity contribution in [2.45, 2.75) is 39.5 Å². The van der Waals surface area contributed by atoms with Gasteiger partial charge >= 0.3 is 0 Å². The molecule has 1 unspecified atom stereocenters. The molecule has 4 aromatic rings. The zero-order valence-corrected chi connectivity index (χ0v) is 22.6. The molecule has 3 aromatic carbocycles. The highest BCUT2D eigenvalue weighted by atomic mass is 14.6. The standard InChI is InChI=1S/C36H38N2/c1-3-4-9-32(24-37)27-10-6-11-28(16-15-27)34-21-35(29-12-5-8-26(2)19-29)23-36(22-34)31-14-7-13-30(20-31)33-17-18-38-25-33/h5-14,17-23,25,27,38H,3-4,15-16,24,37H2,1-2H3/b32-9+. The van der Waals surface area contributed by atoms with Gasteiger partial charge < -0.3 is 10.7 Å². The van der Waals surface area contributed by atoms with Crippen LogP contribution in [0, 0.1) is 12.8 Å². The van der Waals surface area contributed by atoms with E-state index in [1.54, 1.807) is 0 Å². The van der Waals surface area contributed by atoms with Gasteiger partial charge in [0.2, 0.25) is 0 Å². The molecule has 3 N–H and O–H groups in total. The maximum atomic E-state index is 6.15. The Hall–Kier alpha value is -3.88. The fraction of sp³-hybridized carbons (Fsp3) is 0.222. The second-order valence-electron chi connectivity index (χ2n) is 10.3. The van der Waals surface area contributed by atoms with Crippen molar-refractivity contribution in [1.82, 2.24) is 4.98 Å². The van der Waals surface area contributed by atoms with Gasteiger partial charge in [-0.05, 0) is 107 Å². The molecule has 0 fully saturated rings. The summed E-state index contributed by atoms with van der Waals surface area (Å²) < 4.78 is 0. The number of aromatic nitrogens is 1. The predicted molar refractivity (Wildman–Crippen MR) is 164 cm³/mol. The summed E-state index contributed by atoms with van der Waals surface area (Å²) in [7, 11) is 0. The van der Waals surface area contributed by atoms with Crippen LogP contribution in [-0.2, 0) is 0 Å². The molecule has 38 heavy (non-hydrogen) atoms. The molecule has 0 saturated heterocycles. The average Bonchev–Trinajstić information content (AvgIpc) is 3.39. The second kappa shape index (κ2) is 12.1. The van der Waals surface area contributed by atoms with Crippen molar-refractivity contribution in [3.8, 4) is 33.4 Å². The van der Waals surface area contributed by atoms with Crippen molar-refractivity contribution in [2.75, 3.05) is 6.54 Å². The van der Waals surface area contributed by atoms with E-state index in [-0.39, 0.29) is 0 Å². The molecule has 2 heteroatoms. The Kier molecular flexibility index (Phi) is 8.21. The van der Waals surface area contributed by atoms with Crippen LogP contribution in [0.25, 0.3) is 39.0 Å². The van der Waals surface area contributed by atoms with E-state index >= 15 is 0 Å². The largest absolute Gasteiger partial charge is 0.367 e. The van der Waals surface area contributed by atoms with Crippen molar-refractivity contribution < 1.29 is 0 Å². The molecular weight excluding hydrogens is 460 g/mol. The van der Waals surface area contributed by atoms with Gasteiger partial charge in [0, 0.05) is 18.9 Å². The molecule has 1 aromatic heterocycles. The minimum atomic E-state index is 0.415. The molecule has 1 heterocycles. The third-order valence-electron chi connectivity index (χ3n) is 7.56. The Morgan fingerprint density at radius 3 is 2.24 bits per heavy atom. The maximum Gasteiger partial charge on any atom is 0.0142 e. The fourth-order valence-corrected chi connectivity index (χ4v) is 5.41. The summed E-state index contributed by atoms with van der Waals surface area (Å²) in [5, 5.41) is 0. The highest BCUT2D eigenvalue weighted by molar-refractivity contribution is 5.82. The molecule has 2 nitrogen and oxygen atoms in total. The fourth-order valence-electron chi connectivity index (χ4n) is 5.41. The number of rotatable bonds is 8. The number of aryl methyl sites for hydroxylation is 1. The summed E-state index contributed by atoms with van der Waals surface area (Å²) in [6, 6.07) is 26.9. The first-order valence-electron chi connectivity index (χ1n) is 13.9. The van der Waals surface area contributed by atoms with Gasteiger partial charge in [-0.15, -0.1) is 0 Å². The van der Waals surface area contributed by atoms with Gasteiger partial charge in [-0.2, -0.15) is 0 Å². The van der Waals surface area contributed by atoms with Gasteiger partial charge in [-0.25, -0.2) is 0 Å². The van der Waals surface area contributed by atoms with Gasteiger partial charge in [0.1, 0.15) is 0 Å². The summed E-state index contributed by atoms with van der Waals surface area (Å²) in [4.78, 5) is 3.18. The van der Waals surface area contributed by atoms with Crippen molar-refractivity contribution in [3.63, 3.8) is 0 Å². The van der Waals surface area contributed by atoms with Gasteiger partial charge in [0.05, 0.1) is 0 Å². The maximum absolute atomic E-state index is 6.15. The molecule has 0 aliphatic heterocycles. The first-order valence-corrected chi connectivity index (χ1v) is 13.9. The van der Waals surface area contributed by atoms with Gasteiger partial charge in [0.15, 0.2) is 0 Å². The molecule has 1 aliphatic rings. The number of hydrogen-bond acceptors (Lipinski definition) is 1. The van der Waals surface area contributed by atoms with Crippen LogP contribution in [-0.4, -0.2) is 11.5 Å². The van der Waals surface area contributed by atoms with E-state index in [2.05, 4.69) is 122 Å². The summed E-state index contributed by atoms with van der Waals surface area (Å²) in [5.74, 6) is 0.415. The van der Waals surface area contributed by atoms with Crippen LogP contribution in [0.15, 0.2) is 115 Å². The van der Waals surface area contributed by atoms with Gasteiger partial charge in [-0.3, -0.25) is 0 Å². The van der Waals surface area contributed by atoms with Crippen molar-refractivity contribution in [1.29, 1.82) is 0 Å². The first-order chi connectivity index (χ1) is 18.6. The molecule has 0 saturated carbocycles. The van der Waals surface area contributed by atoms with Gasteiger partial charge in [-0.1, -0.05) is 91.2 Å². The smallest absolute Gasteiger partial charge is 0.0142 e. The lowest BCUT2D eigenvalue weighted by Gasteiger charge is -2.17. The number of unbranched alkanes of at least 4 members (excludes halogenated alkanes) is 1. The van der Waals surface area contributed by atoms with Crippen LogP contribution in [0.4, 0.5) is 0 Å². The van der Waals surface area contributed by atoms with Crippen molar-refractivity contribution in [2.24, 2.45) is 11.7 Å². The topological polar surface area (TPSA) is 41.8 Å². The summed E-state index contributed by atoms with van der Waals surface area (Å²) >= 11 is 0. The second-order valence-corrected chi connectivity index (χ2v) is 10.3. The molecule has 0 spiro atoms. The Labute approximate surface area is 227 Å². The molecule has 192 valence electrons. The zero-order chi connectivity index (χ0) is 26.3. The summed E-state index contributed by atoms with van der Waals surface area (Å²) in [6.45, 7) is 5.02. The number of hydrogen-bond donors (Lipinski definition) is 2. The lowest BCUT2D eigenvalue weighted by molar-refractivity contribution is 0.674. The third kappa shape index (κ3) is 5.98. The van der Waals surface area contributed by atoms with Crippen LogP contribution in [0.1, 0.15) is 43.7 Å². The van der Waals surface area contributed by atoms with Crippen LogP contribution < -0.4 is 5.73 Å². The van der Waals surface area contributed by atoms with Crippen LogP contribution >= 0.6 is 0 Å². The minimum absolute atomic E-state index is 0.415. The van der Waals surface area contributed by atoms with E-state index in [9.17, 15) is 0 Å². The summed E-state index contributed by atoms with van der Waals surface area (Å²) in [5.41, 5.74) is 18.9. The van der Waals surface area contributed by atoms with Crippen molar-refractivity contribution >= 4 is 5.57 Å². The normalized spacial score (nSPS) is 15.8. The van der Waals surface area contributed by atoms with Crippen LogP contribution in [0.3, 0.4) is 0 Å². The highest BCUT2D eigenvalue weighted by Gasteiger charge is 2.16. The molecule has 0 amide bonds.